The molecule has 1 N–H and O–H groups in total. The summed E-state index contributed by atoms with van der Waals surface area (Å²) >= 11 is 2.86. The van der Waals surface area contributed by atoms with Crippen molar-refractivity contribution in [3.63, 3.8) is 0 Å². The average molecular weight is 530 g/mol. The molecule has 1 saturated heterocycles. The van der Waals surface area contributed by atoms with E-state index in [4.69, 9.17) is 4.74 Å². The van der Waals surface area contributed by atoms with Crippen LogP contribution in [-0.2, 0) is 19.1 Å². The molecule has 1 unspecified atom stereocenters. The van der Waals surface area contributed by atoms with Gasteiger partial charge < -0.3 is 10.1 Å². The minimum atomic E-state index is -0.667. The number of ether oxygens (including phenoxy) is 1. The van der Waals surface area contributed by atoms with Crippen LogP contribution in [0.5, 0.6) is 0 Å². The van der Waals surface area contributed by atoms with Gasteiger partial charge in [-0.05, 0) is 34.7 Å². The maximum atomic E-state index is 13.8. The lowest BCUT2D eigenvalue weighted by Gasteiger charge is -2.49. The third-order valence-corrected chi connectivity index (χ3v) is 8.30. The van der Waals surface area contributed by atoms with Crippen LogP contribution in [0.2, 0.25) is 0 Å². The Morgan fingerprint density at radius 1 is 1.05 bits per heavy atom. The van der Waals surface area contributed by atoms with Crippen molar-refractivity contribution < 1.29 is 19.1 Å². The number of nitrogens with zero attached hydrogens (tertiary/aromatic N) is 2. The Morgan fingerprint density at radius 2 is 1.73 bits per heavy atom. The highest BCUT2D eigenvalue weighted by Crippen LogP contribution is 2.44. The first-order valence-electron chi connectivity index (χ1n) is 11.6. The maximum absolute atomic E-state index is 13.8. The minimum absolute atomic E-state index is 0.213. The quantitative estimate of drug-likeness (QED) is 0.250. The summed E-state index contributed by atoms with van der Waals surface area (Å²) in [4.78, 5) is 44.2. The summed E-state index contributed by atoms with van der Waals surface area (Å²) in [5, 5.41) is 4.05. The van der Waals surface area contributed by atoms with Crippen LogP contribution in [0.1, 0.15) is 22.9 Å². The summed E-state index contributed by atoms with van der Waals surface area (Å²) in [6, 6.07) is 24.0. The Hall–Kier alpha value is -3.82. The summed E-state index contributed by atoms with van der Waals surface area (Å²) in [7, 11) is 0. The predicted octanol–water partition coefficient (Wildman–Crippen LogP) is 4.36. The molecular formula is C28H23N3O4S2. The fourth-order valence-corrected chi connectivity index (χ4v) is 6.52. The van der Waals surface area contributed by atoms with Gasteiger partial charge in [0.05, 0.1) is 5.69 Å². The highest BCUT2D eigenvalue weighted by Gasteiger charge is 2.54. The van der Waals surface area contributed by atoms with Crippen molar-refractivity contribution >= 4 is 47.9 Å². The van der Waals surface area contributed by atoms with Crippen molar-refractivity contribution in [3.8, 4) is 0 Å². The Bertz CT molecular complexity index is 1290. The molecular weight excluding hydrogens is 506 g/mol. The number of thioether (sulfide) groups is 2. The summed E-state index contributed by atoms with van der Waals surface area (Å²) in [6.07, 6.45) is 3.43. The zero-order valence-corrected chi connectivity index (χ0v) is 21.2. The van der Waals surface area contributed by atoms with Crippen LogP contribution in [0.4, 0.5) is 0 Å². The third kappa shape index (κ3) is 5.33. The Morgan fingerprint density at radius 3 is 2.35 bits per heavy atom. The number of hydrogen-bond acceptors (Lipinski definition) is 7. The molecule has 1 fully saturated rings. The van der Waals surface area contributed by atoms with E-state index in [0.29, 0.717) is 17.1 Å². The monoisotopic (exact) mass is 529 g/mol. The zero-order chi connectivity index (χ0) is 25.6. The highest BCUT2D eigenvalue weighted by molar-refractivity contribution is 8.08. The number of esters is 1. The third-order valence-electron chi connectivity index (χ3n) is 5.94. The van der Waals surface area contributed by atoms with E-state index in [-0.39, 0.29) is 17.0 Å². The molecule has 3 aromatic rings. The number of carbonyl (C=O) groups is 3. The molecule has 2 aliphatic rings. The molecule has 2 amide bonds. The molecule has 7 nitrogen and oxygen atoms in total. The van der Waals surface area contributed by atoms with E-state index >= 15 is 0 Å². The molecule has 0 bridgehead atoms. The number of β-lactam (4-membered cyclic amide) rings is 1. The number of aromatic nitrogens is 1. The van der Waals surface area contributed by atoms with Gasteiger partial charge in [0.1, 0.15) is 17.1 Å². The summed E-state index contributed by atoms with van der Waals surface area (Å²) in [5.41, 5.74) is 2.64. The van der Waals surface area contributed by atoms with Crippen LogP contribution in [-0.4, -0.2) is 45.3 Å². The molecule has 2 aliphatic heterocycles. The average Bonchev–Trinajstić information content (AvgIpc) is 2.95. The highest BCUT2D eigenvalue weighted by atomic mass is 32.2. The Balaban J connectivity index is 1.47. The molecule has 186 valence electrons. The molecule has 0 radical (unpaired) electrons. The second kappa shape index (κ2) is 11.5. The first-order chi connectivity index (χ1) is 18.2. The fourth-order valence-electron chi connectivity index (χ4n) is 4.17. The molecule has 0 saturated carbocycles. The van der Waals surface area contributed by atoms with Gasteiger partial charge in [-0.1, -0.05) is 78.5 Å². The zero-order valence-electron chi connectivity index (χ0n) is 19.6. The molecule has 5 rings (SSSR count). The molecule has 1 aromatic heterocycles. The van der Waals surface area contributed by atoms with E-state index in [9.17, 15) is 14.4 Å². The second-order valence-corrected chi connectivity index (χ2v) is 10.3. The number of carbonyl (C=O) groups excluding carboxylic acids is 3. The van der Waals surface area contributed by atoms with Crippen molar-refractivity contribution in [3.05, 3.63) is 118 Å². The van der Waals surface area contributed by atoms with Crippen molar-refractivity contribution in [2.24, 2.45) is 0 Å². The van der Waals surface area contributed by atoms with Gasteiger partial charge in [-0.2, -0.15) is 0 Å². The largest absolute Gasteiger partial charge is 0.448 e. The van der Waals surface area contributed by atoms with Crippen molar-refractivity contribution in [1.29, 1.82) is 0 Å². The molecule has 2 atom stereocenters. The predicted molar refractivity (Wildman–Crippen MR) is 145 cm³/mol. The van der Waals surface area contributed by atoms with Crippen LogP contribution >= 0.6 is 23.5 Å². The number of fused-ring (bicyclic) bond motifs is 1. The van der Waals surface area contributed by atoms with Crippen molar-refractivity contribution in [2.75, 3.05) is 5.75 Å². The lowest BCUT2D eigenvalue weighted by atomic mass is 10.0. The van der Waals surface area contributed by atoms with Crippen molar-refractivity contribution in [2.45, 2.75) is 17.5 Å². The summed E-state index contributed by atoms with van der Waals surface area (Å²) in [5.74, 6) is -0.428. The summed E-state index contributed by atoms with van der Waals surface area (Å²) < 4.78 is 6.11. The Labute approximate surface area is 223 Å². The number of hydrogen-bond donors (Lipinski definition) is 1. The number of nitrogens with one attached hydrogen (secondary N) is 1. The SMILES string of the molecule is O=CNC1C(=O)N2C(C(=O)OC(c3ccccc3)c3ccccc3)=C(S/C=C\c3ccccn3)CS[C@@H]12. The van der Waals surface area contributed by atoms with Gasteiger partial charge in [0.25, 0.3) is 5.91 Å². The van der Waals surface area contributed by atoms with E-state index in [1.165, 1.54) is 28.4 Å². The number of amides is 2. The van der Waals surface area contributed by atoms with Gasteiger partial charge >= 0.3 is 5.97 Å². The molecule has 3 heterocycles. The van der Waals surface area contributed by atoms with Gasteiger partial charge in [0, 0.05) is 16.9 Å². The lowest BCUT2D eigenvalue weighted by molar-refractivity contribution is -0.154. The van der Waals surface area contributed by atoms with E-state index < -0.39 is 18.1 Å². The number of pyridine rings is 1. The molecule has 0 spiro atoms. The smallest absolute Gasteiger partial charge is 0.356 e. The second-order valence-electron chi connectivity index (χ2n) is 8.23. The van der Waals surface area contributed by atoms with Crippen LogP contribution in [0.25, 0.3) is 6.08 Å². The summed E-state index contributed by atoms with van der Waals surface area (Å²) in [6.45, 7) is 0. The number of benzene rings is 2. The number of rotatable bonds is 9. The van der Waals surface area contributed by atoms with Gasteiger partial charge in [-0.15, -0.1) is 11.8 Å². The van der Waals surface area contributed by atoms with Crippen LogP contribution in [0.15, 0.2) is 101 Å². The molecule has 0 aliphatic carbocycles. The van der Waals surface area contributed by atoms with E-state index in [2.05, 4.69) is 10.3 Å². The Kier molecular flexibility index (Phi) is 7.72. The minimum Gasteiger partial charge on any atom is -0.448 e. The molecule has 9 heteroatoms. The topological polar surface area (TPSA) is 88.6 Å². The molecule has 2 aromatic carbocycles. The first kappa shape index (κ1) is 24.9. The van der Waals surface area contributed by atoms with Crippen LogP contribution in [0, 0.1) is 0 Å². The standard InChI is InChI=1S/C28H23N3O4S2/c32-18-30-23-26(33)31-24(22(17-37-27(23)31)36-16-14-21-13-7-8-15-29-21)28(34)35-25(19-9-3-1-4-10-19)20-11-5-2-6-12-20/h1-16,18,23,25,27H,17H2,(H,30,32)/b16-14-/t23?,27-/m0/s1. The van der Waals surface area contributed by atoms with E-state index in [0.717, 1.165) is 16.8 Å². The van der Waals surface area contributed by atoms with Crippen LogP contribution in [0.3, 0.4) is 0 Å². The van der Waals surface area contributed by atoms with Gasteiger partial charge in [-0.3, -0.25) is 19.5 Å². The van der Waals surface area contributed by atoms with Gasteiger partial charge in [-0.25, -0.2) is 4.79 Å². The maximum Gasteiger partial charge on any atom is 0.356 e. The fraction of sp³-hybridized carbons (Fsp3) is 0.143. The molecule has 37 heavy (non-hydrogen) atoms. The van der Waals surface area contributed by atoms with Gasteiger partial charge in [0.2, 0.25) is 6.41 Å². The van der Waals surface area contributed by atoms with Crippen molar-refractivity contribution in [1.82, 2.24) is 15.2 Å². The van der Waals surface area contributed by atoms with Gasteiger partial charge in [0.15, 0.2) is 6.10 Å². The first-order valence-corrected chi connectivity index (χ1v) is 13.5. The lowest BCUT2D eigenvalue weighted by Crippen LogP contribution is -2.69. The van der Waals surface area contributed by atoms with E-state index in [1.54, 1.807) is 6.20 Å². The normalized spacial score (nSPS) is 18.9. The van der Waals surface area contributed by atoms with Crippen LogP contribution < -0.4 is 5.32 Å². The van der Waals surface area contributed by atoms with E-state index in [1.807, 2.05) is 90.3 Å².